The van der Waals surface area contributed by atoms with Crippen LogP contribution in [0.15, 0.2) is 27.6 Å². The predicted molar refractivity (Wildman–Crippen MR) is 66.9 cm³/mol. The number of nitriles is 1. The molecular weight excluding hydrogens is 270 g/mol. The molecule has 0 aromatic carbocycles. The number of carboxylic acid groups (broad SMARTS) is 1. The van der Waals surface area contributed by atoms with E-state index in [2.05, 4.69) is 9.97 Å². The fraction of sp³-hybridized carbons (Fsp3) is 0.0909. The summed E-state index contributed by atoms with van der Waals surface area (Å²) in [5.41, 5.74) is 0.818. The van der Waals surface area contributed by atoms with Crippen molar-refractivity contribution in [2.75, 3.05) is 0 Å². The van der Waals surface area contributed by atoms with E-state index in [9.17, 15) is 4.79 Å². The second-order valence-corrected chi connectivity index (χ2v) is 5.54. The highest BCUT2D eigenvalue weighted by Crippen LogP contribution is 2.31. The van der Waals surface area contributed by atoms with Gasteiger partial charge in [-0.15, -0.1) is 0 Å². The Balaban J connectivity index is 2.26. The molecule has 2 aromatic rings. The van der Waals surface area contributed by atoms with Gasteiger partial charge in [-0.1, -0.05) is 17.4 Å². The molecular formula is C11H7N3O2S2. The van der Waals surface area contributed by atoms with E-state index in [-0.39, 0.29) is 4.88 Å². The zero-order valence-corrected chi connectivity index (χ0v) is 10.9. The summed E-state index contributed by atoms with van der Waals surface area (Å²) >= 11 is 2.36. The van der Waals surface area contributed by atoms with Crippen LogP contribution >= 0.6 is 23.1 Å². The zero-order chi connectivity index (χ0) is 13.1. The Morgan fingerprint density at radius 3 is 2.89 bits per heavy atom. The lowest BCUT2D eigenvalue weighted by Crippen LogP contribution is -1.94. The van der Waals surface area contributed by atoms with Crippen LogP contribution in [0.25, 0.3) is 0 Å². The first-order valence-electron chi connectivity index (χ1n) is 4.86. The van der Waals surface area contributed by atoms with E-state index in [1.54, 1.807) is 25.1 Å². The lowest BCUT2D eigenvalue weighted by molar-refractivity contribution is 0.0701. The average Bonchev–Trinajstić information content (AvgIpc) is 2.70. The first-order chi connectivity index (χ1) is 8.60. The lowest BCUT2D eigenvalue weighted by Gasteiger charge is -1.96. The summed E-state index contributed by atoms with van der Waals surface area (Å²) in [6, 6.07) is 7.04. The van der Waals surface area contributed by atoms with Crippen LogP contribution in [0.2, 0.25) is 0 Å². The Morgan fingerprint density at radius 2 is 2.28 bits per heavy atom. The van der Waals surface area contributed by atoms with E-state index >= 15 is 0 Å². The molecule has 0 fully saturated rings. The molecule has 0 aliphatic rings. The molecule has 0 spiro atoms. The van der Waals surface area contributed by atoms with Crippen molar-refractivity contribution >= 4 is 29.1 Å². The van der Waals surface area contributed by atoms with Crippen molar-refractivity contribution in [1.29, 1.82) is 5.26 Å². The summed E-state index contributed by atoms with van der Waals surface area (Å²) in [5.74, 6) is -0.976. The molecule has 1 N–H and O–H groups in total. The van der Waals surface area contributed by atoms with Gasteiger partial charge < -0.3 is 5.11 Å². The second kappa shape index (κ2) is 5.16. The van der Waals surface area contributed by atoms with E-state index in [0.717, 1.165) is 11.3 Å². The molecule has 0 radical (unpaired) electrons. The van der Waals surface area contributed by atoms with Gasteiger partial charge in [0.1, 0.15) is 21.7 Å². The molecule has 7 heteroatoms. The van der Waals surface area contributed by atoms with E-state index < -0.39 is 5.97 Å². The Bertz CT molecular complexity index is 646. The van der Waals surface area contributed by atoms with Crippen LogP contribution in [0, 0.1) is 18.3 Å². The van der Waals surface area contributed by atoms with Crippen LogP contribution in [0.4, 0.5) is 0 Å². The third kappa shape index (κ3) is 2.67. The molecule has 0 saturated heterocycles. The Hall–Kier alpha value is -1.91. The van der Waals surface area contributed by atoms with Crippen LogP contribution in [0.1, 0.15) is 21.1 Å². The molecule has 18 heavy (non-hydrogen) atoms. The summed E-state index contributed by atoms with van der Waals surface area (Å²) < 4.78 is 0.604. The second-order valence-electron chi connectivity index (χ2n) is 3.27. The summed E-state index contributed by atoms with van der Waals surface area (Å²) in [4.78, 5) is 19.4. The van der Waals surface area contributed by atoms with Crippen molar-refractivity contribution in [2.45, 2.75) is 16.3 Å². The topological polar surface area (TPSA) is 86.9 Å². The fourth-order valence-corrected chi connectivity index (χ4v) is 3.20. The highest BCUT2D eigenvalue weighted by molar-refractivity contribution is 8.01. The SMILES string of the molecule is Cc1nc(Sc2cccc(C#N)n2)sc1C(=O)O. The molecule has 0 unspecified atom stereocenters. The Morgan fingerprint density at radius 1 is 1.50 bits per heavy atom. The number of hydrogen-bond acceptors (Lipinski definition) is 6. The third-order valence-corrected chi connectivity index (χ3v) is 4.14. The Labute approximate surface area is 111 Å². The van der Waals surface area contributed by atoms with Gasteiger partial charge >= 0.3 is 5.97 Å². The normalized spacial score (nSPS) is 10.0. The van der Waals surface area contributed by atoms with Gasteiger partial charge in [-0.25, -0.2) is 14.8 Å². The van der Waals surface area contributed by atoms with Gasteiger partial charge in [0.2, 0.25) is 0 Å². The van der Waals surface area contributed by atoms with Crippen LogP contribution in [-0.2, 0) is 0 Å². The first kappa shape index (κ1) is 12.5. The average molecular weight is 277 g/mol. The molecule has 0 aliphatic heterocycles. The molecule has 0 bridgehead atoms. The monoisotopic (exact) mass is 277 g/mol. The minimum absolute atomic E-state index is 0.230. The first-order valence-corrected chi connectivity index (χ1v) is 6.49. The van der Waals surface area contributed by atoms with Crippen molar-refractivity contribution in [2.24, 2.45) is 0 Å². The number of aromatic nitrogens is 2. The van der Waals surface area contributed by atoms with Crippen molar-refractivity contribution in [3.63, 3.8) is 0 Å². The highest BCUT2D eigenvalue weighted by Gasteiger charge is 2.15. The number of carboxylic acids is 1. The molecule has 2 heterocycles. The zero-order valence-electron chi connectivity index (χ0n) is 9.25. The smallest absolute Gasteiger partial charge is 0.347 e. The largest absolute Gasteiger partial charge is 0.477 e. The van der Waals surface area contributed by atoms with Gasteiger partial charge in [-0.2, -0.15) is 5.26 Å². The minimum atomic E-state index is -0.976. The molecule has 2 aromatic heterocycles. The maximum atomic E-state index is 10.9. The van der Waals surface area contributed by atoms with Crippen molar-refractivity contribution in [3.8, 4) is 6.07 Å². The van der Waals surface area contributed by atoms with Crippen molar-refractivity contribution in [3.05, 3.63) is 34.5 Å². The number of thiazole rings is 1. The van der Waals surface area contributed by atoms with E-state index in [0.29, 0.717) is 20.8 Å². The summed E-state index contributed by atoms with van der Waals surface area (Å²) in [6.07, 6.45) is 0. The molecule has 90 valence electrons. The molecule has 0 atom stereocenters. The quantitative estimate of drug-likeness (QED) is 0.927. The standard InChI is InChI=1S/C11H7N3O2S2/c1-6-9(10(15)16)18-11(13-6)17-8-4-2-3-7(5-12)14-8/h2-4H,1H3,(H,15,16). The van der Waals surface area contributed by atoms with Gasteiger partial charge in [0, 0.05) is 0 Å². The minimum Gasteiger partial charge on any atom is -0.477 e. The van der Waals surface area contributed by atoms with Crippen molar-refractivity contribution in [1.82, 2.24) is 9.97 Å². The molecule has 2 rings (SSSR count). The number of rotatable bonds is 3. The van der Waals surface area contributed by atoms with Gasteiger partial charge in [0.15, 0.2) is 4.34 Å². The van der Waals surface area contributed by atoms with Gasteiger partial charge in [-0.05, 0) is 30.8 Å². The molecule has 0 aliphatic carbocycles. The predicted octanol–water partition coefficient (Wildman–Crippen LogP) is 2.57. The van der Waals surface area contributed by atoms with Gasteiger partial charge in [0.25, 0.3) is 0 Å². The third-order valence-electron chi connectivity index (χ3n) is 2.00. The maximum absolute atomic E-state index is 10.9. The van der Waals surface area contributed by atoms with E-state index in [1.807, 2.05) is 6.07 Å². The summed E-state index contributed by atoms with van der Waals surface area (Å²) in [5, 5.41) is 18.3. The number of aromatic carboxylic acids is 1. The van der Waals surface area contributed by atoms with Crippen LogP contribution < -0.4 is 0 Å². The van der Waals surface area contributed by atoms with Gasteiger partial charge in [0.05, 0.1) is 5.69 Å². The summed E-state index contributed by atoms with van der Waals surface area (Å²) in [7, 11) is 0. The van der Waals surface area contributed by atoms with Crippen LogP contribution in [0.3, 0.4) is 0 Å². The number of nitrogens with zero attached hydrogens (tertiary/aromatic N) is 3. The Kier molecular flexibility index (Phi) is 3.60. The van der Waals surface area contributed by atoms with E-state index in [4.69, 9.17) is 10.4 Å². The lowest BCUT2D eigenvalue weighted by atomic mass is 10.4. The highest BCUT2D eigenvalue weighted by atomic mass is 32.2. The van der Waals surface area contributed by atoms with Gasteiger partial charge in [-0.3, -0.25) is 0 Å². The van der Waals surface area contributed by atoms with Crippen LogP contribution in [0.5, 0.6) is 0 Å². The number of pyridine rings is 1. The summed E-state index contributed by atoms with van der Waals surface area (Å²) in [6.45, 7) is 1.66. The van der Waals surface area contributed by atoms with Crippen molar-refractivity contribution < 1.29 is 9.90 Å². The fourth-order valence-electron chi connectivity index (χ4n) is 1.24. The number of hydrogen-bond donors (Lipinski definition) is 1. The maximum Gasteiger partial charge on any atom is 0.347 e. The molecule has 0 amide bonds. The molecule has 5 nitrogen and oxygen atoms in total. The number of aryl methyl sites for hydroxylation is 1. The molecule has 0 saturated carbocycles. The van der Waals surface area contributed by atoms with Crippen LogP contribution in [-0.4, -0.2) is 21.0 Å². The number of carbonyl (C=O) groups is 1. The van der Waals surface area contributed by atoms with E-state index in [1.165, 1.54) is 11.8 Å².